The Balaban J connectivity index is 2.19. The molecule has 3 nitrogen and oxygen atoms in total. The summed E-state index contributed by atoms with van der Waals surface area (Å²) in [5.41, 5.74) is -0.636. The minimum atomic E-state index is -0.736. The first-order valence-corrected chi connectivity index (χ1v) is 5.87. The summed E-state index contributed by atoms with van der Waals surface area (Å²) in [6.07, 6.45) is 0.647. The van der Waals surface area contributed by atoms with Crippen molar-refractivity contribution in [3.63, 3.8) is 0 Å². The molecule has 1 rings (SSSR count). The second-order valence-electron chi connectivity index (χ2n) is 4.20. The van der Waals surface area contributed by atoms with E-state index in [9.17, 15) is 4.79 Å². The summed E-state index contributed by atoms with van der Waals surface area (Å²) in [4.78, 5) is 12.1. The maximum absolute atomic E-state index is 10.8. The van der Waals surface area contributed by atoms with Crippen LogP contribution in [0.2, 0.25) is 0 Å². The maximum atomic E-state index is 10.8. The van der Waals surface area contributed by atoms with Crippen LogP contribution in [0.5, 0.6) is 0 Å². The van der Waals surface area contributed by atoms with Crippen LogP contribution in [0.15, 0.2) is 17.5 Å². The Kier molecular flexibility index (Phi) is 4.29. The third-order valence-electron chi connectivity index (χ3n) is 2.39. The van der Waals surface area contributed by atoms with E-state index < -0.39 is 11.4 Å². The fraction of sp³-hybridized carbons (Fsp3) is 0.545. The van der Waals surface area contributed by atoms with E-state index in [0.717, 1.165) is 13.1 Å². The van der Waals surface area contributed by atoms with E-state index in [-0.39, 0.29) is 0 Å². The molecule has 0 atom stereocenters. The summed E-state index contributed by atoms with van der Waals surface area (Å²) in [5.74, 6) is -0.736. The number of carboxylic acid groups (broad SMARTS) is 1. The molecule has 0 aromatic carbocycles. The van der Waals surface area contributed by atoms with E-state index in [1.165, 1.54) is 4.88 Å². The standard InChI is InChI=1S/C11H17NO2S/c1-11(2,10(13)14)5-6-12-8-9-4-3-7-15-9/h3-4,7,12H,5-6,8H2,1-2H3,(H,13,14). The van der Waals surface area contributed by atoms with Crippen molar-refractivity contribution in [2.75, 3.05) is 6.54 Å². The minimum absolute atomic E-state index is 0.636. The molecule has 15 heavy (non-hydrogen) atoms. The molecule has 0 fully saturated rings. The first-order chi connectivity index (χ1) is 7.02. The second kappa shape index (κ2) is 5.28. The van der Waals surface area contributed by atoms with E-state index in [4.69, 9.17) is 5.11 Å². The summed E-state index contributed by atoms with van der Waals surface area (Å²) in [5, 5.41) is 14.2. The molecule has 0 aliphatic rings. The molecule has 0 bridgehead atoms. The number of carbonyl (C=O) groups is 1. The molecule has 0 spiro atoms. The molecule has 2 N–H and O–H groups in total. The lowest BCUT2D eigenvalue weighted by atomic mass is 9.90. The Labute approximate surface area is 94.1 Å². The van der Waals surface area contributed by atoms with Gasteiger partial charge in [-0.05, 0) is 38.3 Å². The Morgan fingerprint density at radius 1 is 1.60 bits per heavy atom. The van der Waals surface area contributed by atoms with Crippen LogP contribution in [-0.2, 0) is 11.3 Å². The fourth-order valence-corrected chi connectivity index (χ4v) is 1.81. The number of rotatable bonds is 6. The van der Waals surface area contributed by atoms with Crippen molar-refractivity contribution in [2.24, 2.45) is 5.41 Å². The monoisotopic (exact) mass is 227 g/mol. The van der Waals surface area contributed by atoms with Crippen molar-refractivity contribution in [1.82, 2.24) is 5.32 Å². The SMILES string of the molecule is CC(C)(CCNCc1cccs1)C(=O)O. The topological polar surface area (TPSA) is 49.3 Å². The number of thiophene rings is 1. The van der Waals surface area contributed by atoms with Gasteiger partial charge >= 0.3 is 5.97 Å². The highest BCUT2D eigenvalue weighted by Crippen LogP contribution is 2.19. The molecule has 0 aliphatic heterocycles. The normalized spacial score (nSPS) is 11.6. The Bertz CT molecular complexity index is 306. The zero-order chi connectivity index (χ0) is 11.3. The molecule has 84 valence electrons. The molecule has 0 aliphatic carbocycles. The zero-order valence-corrected chi connectivity index (χ0v) is 9.93. The zero-order valence-electron chi connectivity index (χ0n) is 9.12. The first kappa shape index (κ1) is 12.2. The lowest BCUT2D eigenvalue weighted by Crippen LogP contribution is -2.28. The predicted molar refractivity (Wildman–Crippen MR) is 62.1 cm³/mol. The summed E-state index contributed by atoms with van der Waals surface area (Å²) in [6, 6.07) is 4.09. The van der Waals surface area contributed by atoms with Gasteiger partial charge in [0.05, 0.1) is 5.41 Å². The quantitative estimate of drug-likeness (QED) is 0.733. The van der Waals surface area contributed by atoms with Gasteiger partial charge in [0.2, 0.25) is 0 Å². The summed E-state index contributed by atoms with van der Waals surface area (Å²) < 4.78 is 0. The number of carboxylic acids is 1. The third kappa shape index (κ3) is 4.01. The van der Waals surface area contributed by atoms with Gasteiger partial charge in [0.15, 0.2) is 0 Å². The molecular weight excluding hydrogens is 210 g/mol. The predicted octanol–water partition coefficient (Wildman–Crippen LogP) is 2.34. The average molecular weight is 227 g/mol. The molecule has 1 aromatic heterocycles. The molecule has 4 heteroatoms. The minimum Gasteiger partial charge on any atom is -0.481 e. The number of hydrogen-bond acceptors (Lipinski definition) is 3. The highest BCUT2D eigenvalue weighted by Gasteiger charge is 2.25. The van der Waals surface area contributed by atoms with Crippen LogP contribution in [0.3, 0.4) is 0 Å². The van der Waals surface area contributed by atoms with Crippen LogP contribution in [0.4, 0.5) is 0 Å². The average Bonchev–Trinajstić information content (AvgIpc) is 2.64. The van der Waals surface area contributed by atoms with Gasteiger partial charge in [-0.25, -0.2) is 0 Å². The van der Waals surface area contributed by atoms with Crippen LogP contribution in [-0.4, -0.2) is 17.6 Å². The van der Waals surface area contributed by atoms with Gasteiger partial charge in [-0.15, -0.1) is 11.3 Å². The smallest absolute Gasteiger partial charge is 0.309 e. The molecule has 0 radical (unpaired) electrons. The molecule has 0 unspecified atom stereocenters. The second-order valence-corrected chi connectivity index (χ2v) is 5.23. The maximum Gasteiger partial charge on any atom is 0.309 e. The molecular formula is C11H17NO2S. The van der Waals surface area contributed by atoms with Crippen LogP contribution < -0.4 is 5.32 Å². The Morgan fingerprint density at radius 3 is 2.87 bits per heavy atom. The Hall–Kier alpha value is -0.870. The number of nitrogens with one attached hydrogen (secondary N) is 1. The Morgan fingerprint density at radius 2 is 2.33 bits per heavy atom. The van der Waals surface area contributed by atoms with Gasteiger partial charge in [-0.1, -0.05) is 6.07 Å². The van der Waals surface area contributed by atoms with Gasteiger partial charge in [-0.3, -0.25) is 4.79 Å². The van der Waals surface area contributed by atoms with E-state index in [2.05, 4.69) is 11.4 Å². The van der Waals surface area contributed by atoms with Gasteiger partial charge in [0.1, 0.15) is 0 Å². The van der Waals surface area contributed by atoms with Crippen molar-refractivity contribution in [1.29, 1.82) is 0 Å². The van der Waals surface area contributed by atoms with Crippen molar-refractivity contribution in [3.8, 4) is 0 Å². The lowest BCUT2D eigenvalue weighted by molar-refractivity contribution is -0.147. The molecule has 1 aromatic rings. The van der Waals surface area contributed by atoms with E-state index in [1.807, 2.05) is 11.4 Å². The van der Waals surface area contributed by atoms with Gasteiger partial charge in [0, 0.05) is 11.4 Å². The van der Waals surface area contributed by atoms with E-state index in [0.29, 0.717) is 6.42 Å². The van der Waals surface area contributed by atoms with Crippen LogP contribution in [0.25, 0.3) is 0 Å². The van der Waals surface area contributed by atoms with Crippen LogP contribution in [0, 0.1) is 5.41 Å². The fourth-order valence-electron chi connectivity index (χ4n) is 1.13. The highest BCUT2D eigenvalue weighted by molar-refractivity contribution is 7.09. The molecule has 1 heterocycles. The summed E-state index contributed by atoms with van der Waals surface area (Å²) in [6.45, 7) is 5.06. The van der Waals surface area contributed by atoms with Gasteiger partial charge < -0.3 is 10.4 Å². The third-order valence-corrected chi connectivity index (χ3v) is 3.26. The van der Waals surface area contributed by atoms with Crippen LogP contribution in [0.1, 0.15) is 25.1 Å². The van der Waals surface area contributed by atoms with E-state index in [1.54, 1.807) is 25.2 Å². The summed E-state index contributed by atoms with van der Waals surface area (Å²) >= 11 is 1.71. The van der Waals surface area contributed by atoms with Crippen molar-refractivity contribution in [3.05, 3.63) is 22.4 Å². The van der Waals surface area contributed by atoms with Crippen molar-refractivity contribution >= 4 is 17.3 Å². The largest absolute Gasteiger partial charge is 0.481 e. The van der Waals surface area contributed by atoms with Gasteiger partial charge in [-0.2, -0.15) is 0 Å². The van der Waals surface area contributed by atoms with Crippen molar-refractivity contribution in [2.45, 2.75) is 26.8 Å². The lowest BCUT2D eigenvalue weighted by Gasteiger charge is -2.18. The highest BCUT2D eigenvalue weighted by atomic mass is 32.1. The first-order valence-electron chi connectivity index (χ1n) is 4.99. The van der Waals surface area contributed by atoms with Crippen LogP contribution >= 0.6 is 11.3 Å². The molecule has 0 amide bonds. The molecule has 0 saturated carbocycles. The summed E-state index contributed by atoms with van der Waals surface area (Å²) in [7, 11) is 0. The van der Waals surface area contributed by atoms with Crippen molar-refractivity contribution < 1.29 is 9.90 Å². The molecule has 0 saturated heterocycles. The number of hydrogen-bond donors (Lipinski definition) is 2. The number of aliphatic carboxylic acids is 1. The van der Waals surface area contributed by atoms with E-state index >= 15 is 0 Å². The van der Waals surface area contributed by atoms with Gasteiger partial charge in [0.25, 0.3) is 0 Å².